The lowest BCUT2D eigenvalue weighted by Crippen LogP contribution is -2.37. The lowest BCUT2D eigenvalue weighted by atomic mass is 10.1. The molecule has 6 nitrogen and oxygen atoms in total. The molecule has 2 saturated heterocycles. The Labute approximate surface area is 173 Å². The van der Waals surface area contributed by atoms with E-state index in [1.807, 2.05) is 26.0 Å². The molecule has 1 aromatic heterocycles. The number of rotatable bonds is 4. The molecular weight excluding hydrogens is 364 g/mol. The summed E-state index contributed by atoms with van der Waals surface area (Å²) in [5.41, 5.74) is 0.774. The first-order valence-corrected chi connectivity index (χ1v) is 10.7. The minimum atomic E-state index is -0.201. The summed E-state index contributed by atoms with van der Waals surface area (Å²) in [7, 11) is 0. The van der Waals surface area contributed by atoms with Crippen LogP contribution < -0.4 is 15.1 Å². The predicted molar refractivity (Wildman–Crippen MR) is 121 cm³/mol. The van der Waals surface area contributed by atoms with E-state index in [-0.39, 0.29) is 5.91 Å². The molecule has 2 aliphatic heterocycles. The van der Waals surface area contributed by atoms with Crippen molar-refractivity contribution < 1.29 is 9.53 Å². The number of pyridine rings is 1. The Morgan fingerprint density at radius 1 is 1.07 bits per heavy atom. The maximum atomic E-state index is 11.7. The molecule has 6 heteroatoms. The Morgan fingerprint density at radius 2 is 1.79 bits per heavy atom. The van der Waals surface area contributed by atoms with Crippen LogP contribution in [0.2, 0.25) is 0 Å². The number of nitrogens with zero attached hydrogens (tertiary/aromatic N) is 3. The summed E-state index contributed by atoms with van der Waals surface area (Å²) < 4.78 is 5.49. The van der Waals surface area contributed by atoms with Crippen molar-refractivity contribution in [1.82, 2.24) is 4.98 Å². The predicted octanol–water partition coefficient (Wildman–Crippen LogP) is 4.21. The Balaban J connectivity index is 0.00000117. The fourth-order valence-electron chi connectivity index (χ4n) is 3.80. The fraction of sp³-hybridized carbons (Fsp3) is 0.478. The van der Waals surface area contributed by atoms with E-state index in [4.69, 9.17) is 9.72 Å². The Kier molecular flexibility index (Phi) is 7.47. The number of piperidine rings is 1. The van der Waals surface area contributed by atoms with Crippen molar-refractivity contribution in [2.75, 3.05) is 54.5 Å². The van der Waals surface area contributed by atoms with Gasteiger partial charge in [-0.2, -0.15) is 0 Å². The third kappa shape index (κ3) is 5.07. The second-order valence-corrected chi connectivity index (χ2v) is 7.08. The number of nitrogens with one attached hydrogen (secondary N) is 1. The number of hydrogen-bond acceptors (Lipinski definition) is 5. The topological polar surface area (TPSA) is 57.7 Å². The highest BCUT2D eigenvalue weighted by molar-refractivity contribution is 6.02. The van der Waals surface area contributed by atoms with Crippen molar-refractivity contribution >= 4 is 34.0 Å². The highest BCUT2D eigenvalue weighted by Crippen LogP contribution is 2.32. The summed E-state index contributed by atoms with van der Waals surface area (Å²) in [4.78, 5) is 21.4. The van der Waals surface area contributed by atoms with Gasteiger partial charge in [0.05, 0.1) is 13.2 Å². The van der Waals surface area contributed by atoms with Crippen LogP contribution in [0.25, 0.3) is 10.8 Å². The summed E-state index contributed by atoms with van der Waals surface area (Å²) in [6.07, 6.45) is 4.99. The SMILES string of the molecule is C=CC(=O)Nc1ccc2c(N3CCCCC3)nc(N3CCOCC3)cc2c1.CC. The molecule has 156 valence electrons. The van der Waals surface area contributed by atoms with E-state index >= 15 is 0 Å². The zero-order valence-electron chi connectivity index (χ0n) is 17.6. The molecule has 0 radical (unpaired) electrons. The summed E-state index contributed by atoms with van der Waals surface area (Å²) in [5.74, 6) is 1.84. The molecule has 0 unspecified atom stereocenters. The van der Waals surface area contributed by atoms with Gasteiger partial charge < -0.3 is 19.9 Å². The molecule has 4 rings (SSSR count). The van der Waals surface area contributed by atoms with Crippen molar-refractivity contribution in [1.29, 1.82) is 0 Å². The van der Waals surface area contributed by atoms with Gasteiger partial charge in [0.15, 0.2) is 0 Å². The van der Waals surface area contributed by atoms with Gasteiger partial charge in [0.25, 0.3) is 0 Å². The standard InChI is InChI=1S/C21H26N4O2.C2H6/c1-2-20(26)22-17-6-7-18-16(14-17)15-19(24-10-12-27-13-11-24)23-21(18)25-8-4-3-5-9-25;1-2/h2,6-7,14-15H,1,3-5,8-13H2,(H,22,26);1-2H3. The molecule has 1 N–H and O–H groups in total. The van der Waals surface area contributed by atoms with Gasteiger partial charge in [-0.3, -0.25) is 4.79 Å². The summed E-state index contributed by atoms with van der Waals surface area (Å²) in [6, 6.07) is 8.15. The van der Waals surface area contributed by atoms with Crippen molar-refractivity contribution in [3.05, 3.63) is 36.9 Å². The van der Waals surface area contributed by atoms with Gasteiger partial charge in [-0.25, -0.2) is 4.98 Å². The smallest absolute Gasteiger partial charge is 0.247 e. The van der Waals surface area contributed by atoms with Gasteiger partial charge in [-0.15, -0.1) is 0 Å². The number of benzene rings is 1. The maximum Gasteiger partial charge on any atom is 0.247 e. The first-order valence-electron chi connectivity index (χ1n) is 10.7. The second-order valence-electron chi connectivity index (χ2n) is 7.08. The van der Waals surface area contributed by atoms with Gasteiger partial charge in [0, 0.05) is 37.3 Å². The van der Waals surface area contributed by atoms with E-state index in [1.54, 1.807) is 0 Å². The van der Waals surface area contributed by atoms with Gasteiger partial charge in [0.1, 0.15) is 11.6 Å². The normalized spacial score (nSPS) is 16.8. The van der Waals surface area contributed by atoms with Crippen LogP contribution in [-0.2, 0) is 9.53 Å². The number of carbonyl (C=O) groups excluding carboxylic acids is 1. The third-order valence-corrected chi connectivity index (χ3v) is 5.24. The lowest BCUT2D eigenvalue weighted by molar-refractivity contribution is -0.111. The van der Waals surface area contributed by atoms with Gasteiger partial charge >= 0.3 is 0 Å². The van der Waals surface area contributed by atoms with Gasteiger partial charge in [0.2, 0.25) is 5.91 Å². The molecular formula is C23H32N4O2. The number of morpholine rings is 1. The Morgan fingerprint density at radius 3 is 2.48 bits per heavy atom. The summed E-state index contributed by atoms with van der Waals surface area (Å²) in [5, 5.41) is 5.08. The minimum absolute atomic E-state index is 0.201. The average molecular weight is 397 g/mol. The zero-order chi connectivity index (χ0) is 20.6. The molecule has 2 aliphatic rings. The molecule has 0 spiro atoms. The molecule has 29 heavy (non-hydrogen) atoms. The average Bonchev–Trinajstić information content (AvgIpc) is 2.80. The van der Waals surface area contributed by atoms with E-state index in [9.17, 15) is 4.79 Å². The Bertz CT molecular complexity index is 840. The maximum absolute atomic E-state index is 11.7. The molecule has 2 fully saturated rings. The molecule has 1 aromatic carbocycles. The monoisotopic (exact) mass is 396 g/mol. The largest absolute Gasteiger partial charge is 0.378 e. The Hall–Kier alpha value is -2.60. The number of ether oxygens (including phenoxy) is 1. The van der Waals surface area contributed by atoms with Crippen molar-refractivity contribution in [3.8, 4) is 0 Å². The zero-order valence-corrected chi connectivity index (χ0v) is 17.6. The summed E-state index contributed by atoms with van der Waals surface area (Å²) >= 11 is 0. The van der Waals surface area contributed by atoms with E-state index in [2.05, 4.69) is 33.8 Å². The highest BCUT2D eigenvalue weighted by atomic mass is 16.5. The molecule has 3 heterocycles. The van der Waals surface area contributed by atoms with Crippen molar-refractivity contribution in [2.45, 2.75) is 33.1 Å². The van der Waals surface area contributed by atoms with E-state index < -0.39 is 0 Å². The van der Waals surface area contributed by atoms with Crippen LogP contribution in [0.15, 0.2) is 36.9 Å². The molecule has 0 bridgehead atoms. The molecule has 0 atom stereocenters. The van der Waals surface area contributed by atoms with Crippen LogP contribution in [0.4, 0.5) is 17.3 Å². The van der Waals surface area contributed by atoms with E-state index in [0.717, 1.165) is 67.5 Å². The third-order valence-electron chi connectivity index (χ3n) is 5.24. The van der Waals surface area contributed by atoms with Crippen LogP contribution in [0, 0.1) is 0 Å². The first-order chi connectivity index (χ1) is 14.2. The van der Waals surface area contributed by atoms with Crippen molar-refractivity contribution in [3.63, 3.8) is 0 Å². The van der Waals surface area contributed by atoms with Crippen LogP contribution >= 0.6 is 0 Å². The first kappa shape index (κ1) is 21.1. The van der Waals surface area contributed by atoms with E-state index in [1.165, 1.54) is 25.3 Å². The van der Waals surface area contributed by atoms with Crippen molar-refractivity contribution in [2.24, 2.45) is 0 Å². The number of aromatic nitrogens is 1. The molecule has 2 aromatic rings. The lowest BCUT2D eigenvalue weighted by Gasteiger charge is -2.32. The number of carbonyl (C=O) groups is 1. The number of amides is 1. The minimum Gasteiger partial charge on any atom is -0.378 e. The number of hydrogen-bond donors (Lipinski definition) is 1. The fourth-order valence-corrected chi connectivity index (χ4v) is 3.80. The van der Waals surface area contributed by atoms with Gasteiger partial charge in [-0.1, -0.05) is 20.4 Å². The van der Waals surface area contributed by atoms with Crippen LogP contribution in [-0.4, -0.2) is 50.3 Å². The summed E-state index contributed by atoms with van der Waals surface area (Å²) in [6.45, 7) is 12.8. The van der Waals surface area contributed by atoms with Gasteiger partial charge in [-0.05, 0) is 55.0 Å². The molecule has 0 aliphatic carbocycles. The highest BCUT2D eigenvalue weighted by Gasteiger charge is 2.20. The molecule has 1 amide bonds. The van der Waals surface area contributed by atoms with Crippen LogP contribution in [0.1, 0.15) is 33.1 Å². The van der Waals surface area contributed by atoms with Crippen LogP contribution in [0.3, 0.4) is 0 Å². The number of anilines is 3. The molecule has 0 saturated carbocycles. The quantitative estimate of drug-likeness (QED) is 0.785. The van der Waals surface area contributed by atoms with E-state index in [0.29, 0.717) is 0 Å². The number of fused-ring (bicyclic) bond motifs is 1. The van der Waals surface area contributed by atoms with Crippen LogP contribution in [0.5, 0.6) is 0 Å². The second kappa shape index (κ2) is 10.3.